The highest BCUT2D eigenvalue weighted by atomic mass is 127. The lowest BCUT2D eigenvalue weighted by Gasteiger charge is -2.20. The summed E-state index contributed by atoms with van der Waals surface area (Å²) in [5, 5.41) is 2.65. The second kappa shape index (κ2) is 9.81. The van der Waals surface area contributed by atoms with Crippen LogP contribution in [0.15, 0.2) is 35.5 Å². The molecule has 166 valence electrons. The number of benzene rings is 1. The Balaban J connectivity index is 1.92. The fourth-order valence-corrected chi connectivity index (χ4v) is 4.17. The van der Waals surface area contributed by atoms with E-state index in [0.717, 1.165) is 12.7 Å². The summed E-state index contributed by atoms with van der Waals surface area (Å²) in [7, 11) is -3.42. The zero-order valence-electron chi connectivity index (χ0n) is 17.1. The summed E-state index contributed by atoms with van der Waals surface area (Å²) in [6.45, 7) is 2.93. The Morgan fingerprint density at radius 2 is 2.10 bits per heavy atom. The number of rotatable bonds is 7. The first-order valence-corrected chi connectivity index (χ1v) is 12.5. The van der Waals surface area contributed by atoms with E-state index in [0.29, 0.717) is 45.8 Å². The van der Waals surface area contributed by atoms with Gasteiger partial charge in [-0.05, 0) is 60.2 Å². The Kier molecular flexibility index (Phi) is 7.36. The van der Waals surface area contributed by atoms with Crippen LogP contribution in [0.4, 0.5) is 10.5 Å². The minimum absolute atomic E-state index is 0.0497. The van der Waals surface area contributed by atoms with Crippen molar-refractivity contribution < 1.29 is 27.5 Å². The summed E-state index contributed by atoms with van der Waals surface area (Å²) < 4.78 is 34.8. The van der Waals surface area contributed by atoms with E-state index in [1.807, 2.05) is 0 Å². The molecule has 1 aliphatic heterocycles. The Morgan fingerprint density at radius 1 is 1.32 bits per heavy atom. The molecule has 1 aromatic carbocycles. The Labute approximate surface area is 194 Å². The van der Waals surface area contributed by atoms with Crippen LogP contribution in [0.25, 0.3) is 0 Å². The molecule has 0 unspecified atom stereocenters. The van der Waals surface area contributed by atoms with Crippen LogP contribution in [0, 0.1) is 3.57 Å². The lowest BCUT2D eigenvalue weighted by atomic mass is 10.1. The predicted octanol–water partition coefficient (Wildman–Crippen LogP) is 3.57. The zero-order valence-corrected chi connectivity index (χ0v) is 20.0. The molecule has 11 heteroatoms. The first-order chi connectivity index (χ1) is 14.7. The first-order valence-electron chi connectivity index (χ1n) is 9.55. The van der Waals surface area contributed by atoms with Gasteiger partial charge in [0, 0.05) is 34.9 Å². The number of pyridine rings is 1. The third kappa shape index (κ3) is 6.06. The van der Waals surface area contributed by atoms with Gasteiger partial charge in [-0.2, -0.15) is 0 Å². The van der Waals surface area contributed by atoms with Crippen LogP contribution in [-0.4, -0.2) is 49.7 Å². The molecule has 1 aliphatic rings. The number of hydrogen-bond donors (Lipinski definition) is 1. The van der Waals surface area contributed by atoms with E-state index in [1.54, 1.807) is 24.0 Å². The number of hydrogen-bond acceptors (Lipinski definition) is 7. The van der Waals surface area contributed by atoms with Crippen molar-refractivity contribution in [1.29, 1.82) is 0 Å². The lowest BCUT2D eigenvalue weighted by Crippen LogP contribution is -2.24. The fourth-order valence-electron chi connectivity index (χ4n) is 3.04. The van der Waals surface area contributed by atoms with Crippen molar-refractivity contribution in [2.45, 2.75) is 31.3 Å². The number of sulfone groups is 1. The minimum atomic E-state index is -3.42. The van der Waals surface area contributed by atoms with Gasteiger partial charge in [-0.3, -0.25) is 10.1 Å². The smallest absolute Gasteiger partial charge is 0.411 e. The van der Waals surface area contributed by atoms with E-state index < -0.39 is 15.9 Å². The number of aromatic nitrogens is 1. The van der Waals surface area contributed by atoms with Crippen molar-refractivity contribution in [3.05, 3.63) is 39.6 Å². The maximum atomic E-state index is 12.1. The number of likely N-dealkylation sites (tertiary alicyclic amines) is 1. The monoisotopic (exact) mass is 559 g/mol. The van der Waals surface area contributed by atoms with Gasteiger partial charge < -0.3 is 14.4 Å². The summed E-state index contributed by atoms with van der Waals surface area (Å²) >= 11 is 2.07. The predicted molar refractivity (Wildman–Crippen MR) is 122 cm³/mol. The third-order valence-electron chi connectivity index (χ3n) is 4.51. The average Bonchev–Trinajstić information content (AvgIpc) is 3.10. The van der Waals surface area contributed by atoms with Crippen LogP contribution < -0.4 is 10.1 Å². The molecule has 1 saturated heterocycles. The van der Waals surface area contributed by atoms with Crippen molar-refractivity contribution >= 4 is 50.1 Å². The summed E-state index contributed by atoms with van der Waals surface area (Å²) in [6, 6.07) is 6.38. The molecule has 0 spiro atoms. The summed E-state index contributed by atoms with van der Waals surface area (Å²) in [5.74, 6) is 0.888. The highest BCUT2D eigenvalue weighted by Crippen LogP contribution is 2.33. The Bertz CT molecular complexity index is 1090. The summed E-state index contributed by atoms with van der Waals surface area (Å²) in [4.78, 5) is 29.7. The zero-order chi connectivity index (χ0) is 22.6. The van der Waals surface area contributed by atoms with Gasteiger partial charge >= 0.3 is 6.09 Å². The van der Waals surface area contributed by atoms with Crippen molar-refractivity contribution in [3.8, 4) is 11.5 Å². The van der Waals surface area contributed by atoms with E-state index in [-0.39, 0.29) is 17.5 Å². The molecule has 0 aliphatic carbocycles. The molecule has 1 fully saturated rings. The molecular formula is C20H22IN3O6S. The minimum Gasteiger partial charge on any atom is -0.455 e. The Morgan fingerprint density at radius 3 is 2.68 bits per heavy atom. The second-order valence-electron chi connectivity index (χ2n) is 6.91. The van der Waals surface area contributed by atoms with Crippen LogP contribution in [0.3, 0.4) is 0 Å². The van der Waals surface area contributed by atoms with Crippen molar-refractivity contribution in [2.75, 3.05) is 24.7 Å². The molecule has 31 heavy (non-hydrogen) atoms. The molecular weight excluding hydrogens is 537 g/mol. The maximum Gasteiger partial charge on any atom is 0.411 e. The number of carbonyl (C=O) groups excluding carboxylic acids is 2. The van der Waals surface area contributed by atoms with Crippen LogP contribution in [0.1, 0.15) is 25.3 Å². The molecule has 1 aromatic heterocycles. The van der Waals surface area contributed by atoms with Gasteiger partial charge in [0.15, 0.2) is 14.9 Å². The first kappa shape index (κ1) is 23.3. The van der Waals surface area contributed by atoms with Crippen LogP contribution in [0.2, 0.25) is 0 Å². The number of nitrogens with one attached hydrogen (secondary N) is 1. The van der Waals surface area contributed by atoms with E-state index in [2.05, 4.69) is 32.9 Å². The van der Waals surface area contributed by atoms with E-state index in [4.69, 9.17) is 9.47 Å². The van der Waals surface area contributed by atoms with Crippen molar-refractivity contribution in [1.82, 2.24) is 9.88 Å². The maximum absolute atomic E-state index is 12.1. The summed E-state index contributed by atoms with van der Waals surface area (Å²) in [6.07, 6.45) is 3.14. The van der Waals surface area contributed by atoms with E-state index >= 15 is 0 Å². The normalized spacial score (nSPS) is 13.9. The van der Waals surface area contributed by atoms with E-state index in [1.165, 1.54) is 18.3 Å². The number of nitrogens with zero attached hydrogens (tertiary/aromatic N) is 2. The Hall–Kier alpha value is -2.41. The van der Waals surface area contributed by atoms with Gasteiger partial charge in [-0.15, -0.1) is 0 Å². The number of anilines is 1. The van der Waals surface area contributed by atoms with Crippen LogP contribution in [0.5, 0.6) is 11.5 Å². The van der Waals surface area contributed by atoms with Crippen LogP contribution in [-0.2, 0) is 25.9 Å². The average molecular weight is 559 g/mol. The second-order valence-corrected chi connectivity index (χ2v) is 10.0. The molecule has 3 rings (SSSR count). The number of amides is 2. The number of carbonyl (C=O) groups is 2. The topological polar surface area (TPSA) is 115 Å². The highest BCUT2D eigenvalue weighted by molar-refractivity contribution is 14.1. The fraction of sp³-hybridized carbons (Fsp3) is 0.350. The largest absolute Gasteiger partial charge is 0.455 e. The molecule has 9 nitrogen and oxygen atoms in total. The van der Waals surface area contributed by atoms with Crippen molar-refractivity contribution in [3.63, 3.8) is 0 Å². The van der Waals surface area contributed by atoms with Gasteiger partial charge in [-0.1, -0.05) is 0 Å². The molecule has 0 radical (unpaired) electrons. The van der Waals surface area contributed by atoms with Gasteiger partial charge in [0.05, 0.1) is 18.5 Å². The molecule has 0 saturated carbocycles. The van der Waals surface area contributed by atoms with Gasteiger partial charge in [0.1, 0.15) is 11.5 Å². The molecule has 2 heterocycles. The quantitative estimate of drug-likeness (QED) is 0.516. The number of ether oxygens (including phenoxy) is 2. The molecule has 1 N–H and O–H groups in total. The van der Waals surface area contributed by atoms with E-state index in [9.17, 15) is 18.0 Å². The molecule has 0 atom stereocenters. The molecule has 0 bridgehead atoms. The highest BCUT2D eigenvalue weighted by Gasteiger charge is 2.23. The van der Waals surface area contributed by atoms with Gasteiger partial charge in [0.2, 0.25) is 5.91 Å². The molecule has 2 aromatic rings. The summed E-state index contributed by atoms with van der Waals surface area (Å²) in [5.41, 5.74) is 1.23. The van der Waals surface area contributed by atoms with Gasteiger partial charge in [0.25, 0.3) is 0 Å². The lowest BCUT2D eigenvalue weighted by molar-refractivity contribution is -0.128. The van der Waals surface area contributed by atoms with Crippen LogP contribution >= 0.6 is 22.6 Å². The van der Waals surface area contributed by atoms with Crippen molar-refractivity contribution in [2.24, 2.45) is 0 Å². The SMILES string of the molecule is CCOC(=O)Nc1cc(CN2CCCC2=O)c(Oc2ccc(S(C)(=O)=O)nc2)cc1I. The molecule has 2 amide bonds. The third-order valence-corrected chi connectivity index (χ3v) is 6.41. The number of halogens is 1. The standard InChI is InChI=1S/C20H22IN3O6S/c1-3-29-20(26)23-16-9-13(12-24-8-4-5-19(24)25)17(10-15(16)21)30-14-6-7-18(22-11-14)31(2,27)28/h6-7,9-11H,3-5,8,12H2,1-2H3,(H,23,26). The van der Waals surface area contributed by atoms with Gasteiger partial charge in [-0.25, -0.2) is 18.2 Å².